The number of nitrogens with zero attached hydrogens (tertiary/aromatic N) is 2. The van der Waals surface area contributed by atoms with Crippen molar-refractivity contribution in [1.82, 2.24) is 9.55 Å². The molecule has 1 atom stereocenters. The molecule has 0 saturated heterocycles. The van der Waals surface area contributed by atoms with Gasteiger partial charge in [0.1, 0.15) is 5.76 Å². The lowest BCUT2D eigenvalue weighted by molar-refractivity contribution is 0.203. The van der Waals surface area contributed by atoms with Gasteiger partial charge in [-0.15, -0.1) is 0 Å². The second-order valence-electron chi connectivity index (χ2n) is 5.17. The van der Waals surface area contributed by atoms with E-state index < -0.39 is 0 Å². The van der Waals surface area contributed by atoms with Gasteiger partial charge in [-0.25, -0.2) is 4.98 Å². The fourth-order valence-corrected chi connectivity index (χ4v) is 2.69. The van der Waals surface area contributed by atoms with Gasteiger partial charge in [-0.05, 0) is 24.3 Å². The summed E-state index contributed by atoms with van der Waals surface area (Å²) in [7, 11) is 0. The van der Waals surface area contributed by atoms with Gasteiger partial charge >= 0.3 is 0 Å². The summed E-state index contributed by atoms with van der Waals surface area (Å²) in [6.45, 7) is 0.326. The van der Waals surface area contributed by atoms with Crippen LogP contribution in [-0.2, 0) is 13.0 Å². The van der Waals surface area contributed by atoms with E-state index in [4.69, 9.17) is 16.0 Å². The number of aliphatic hydroxyl groups excluding tert-OH is 1. The molecule has 1 N–H and O–H groups in total. The largest absolute Gasteiger partial charge is 0.469 e. The number of rotatable bonds is 5. The Labute approximate surface area is 131 Å². The molecule has 22 heavy (non-hydrogen) atoms. The van der Waals surface area contributed by atoms with E-state index in [0.29, 0.717) is 28.9 Å². The van der Waals surface area contributed by atoms with E-state index in [1.54, 1.807) is 30.5 Å². The van der Waals surface area contributed by atoms with Crippen LogP contribution in [0, 0.1) is 5.92 Å². The van der Waals surface area contributed by atoms with Crippen molar-refractivity contribution < 1.29 is 9.52 Å². The summed E-state index contributed by atoms with van der Waals surface area (Å²) in [5, 5.41) is 10.5. The predicted octanol–water partition coefficient (Wildman–Crippen LogP) is 2.49. The first kappa shape index (κ1) is 14.8. The van der Waals surface area contributed by atoms with Crippen LogP contribution in [0.5, 0.6) is 0 Å². The van der Waals surface area contributed by atoms with Crippen LogP contribution in [0.15, 0.2) is 52.1 Å². The number of fused-ring (bicyclic) bond motifs is 1. The van der Waals surface area contributed by atoms with Crippen LogP contribution >= 0.6 is 11.6 Å². The minimum Gasteiger partial charge on any atom is -0.469 e. The number of halogens is 1. The minimum absolute atomic E-state index is 0.0409. The molecule has 3 rings (SSSR count). The molecule has 114 valence electrons. The van der Waals surface area contributed by atoms with Gasteiger partial charge < -0.3 is 9.52 Å². The zero-order valence-corrected chi connectivity index (χ0v) is 12.5. The van der Waals surface area contributed by atoms with Crippen LogP contribution < -0.4 is 5.56 Å². The molecule has 0 fully saturated rings. The molecular formula is C16H15ClN2O3. The van der Waals surface area contributed by atoms with Crippen LogP contribution in [0.2, 0.25) is 5.02 Å². The fourth-order valence-electron chi connectivity index (χ4n) is 2.46. The van der Waals surface area contributed by atoms with Gasteiger partial charge in [0.2, 0.25) is 0 Å². The highest BCUT2D eigenvalue weighted by molar-refractivity contribution is 6.34. The van der Waals surface area contributed by atoms with Crippen molar-refractivity contribution in [2.45, 2.75) is 13.0 Å². The van der Waals surface area contributed by atoms with Gasteiger partial charge in [0.05, 0.1) is 28.5 Å². The second-order valence-corrected chi connectivity index (χ2v) is 5.58. The minimum atomic E-state index is -0.162. The van der Waals surface area contributed by atoms with Crippen LogP contribution in [0.25, 0.3) is 10.9 Å². The summed E-state index contributed by atoms with van der Waals surface area (Å²) >= 11 is 6.05. The molecule has 0 amide bonds. The molecule has 0 aliphatic heterocycles. The van der Waals surface area contributed by atoms with E-state index in [1.165, 1.54) is 10.9 Å². The SMILES string of the molecule is O=c1c2cccc(Cl)c2ncn1C[C@@H](CO)Cc1ccco1. The smallest absolute Gasteiger partial charge is 0.261 e. The third kappa shape index (κ3) is 2.91. The van der Waals surface area contributed by atoms with Gasteiger partial charge in [-0.1, -0.05) is 17.7 Å². The molecule has 0 unspecified atom stereocenters. The Morgan fingerprint density at radius 2 is 2.18 bits per heavy atom. The summed E-state index contributed by atoms with van der Waals surface area (Å²) in [6.07, 6.45) is 3.63. The molecule has 2 heterocycles. The van der Waals surface area contributed by atoms with Crippen molar-refractivity contribution in [3.05, 3.63) is 64.1 Å². The number of furan rings is 1. The quantitative estimate of drug-likeness (QED) is 0.785. The maximum absolute atomic E-state index is 12.5. The van der Waals surface area contributed by atoms with Gasteiger partial charge in [0, 0.05) is 25.5 Å². The summed E-state index contributed by atoms with van der Waals surface area (Å²) in [6, 6.07) is 8.78. The van der Waals surface area contributed by atoms with Crippen LogP contribution in [-0.4, -0.2) is 21.3 Å². The number of para-hydroxylation sites is 1. The number of aliphatic hydroxyl groups is 1. The Morgan fingerprint density at radius 3 is 2.91 bits per heavy atom. The van der Waals surface area contributed by atoms with E-state index in [1.807, 2.05) is 6.07 Å². The molecule has 0 spiro atoms. The summed E-state index contributed by atoms with van der Waals surface area (Å²) in [5.74, 6) is 0.658. The lowest BCUT2D eigenvalue weighted by Gasteiger charge is -2.14. The Balaban J connectivity index is 1.90. The van der Waals surface area contributed by atoms with Gasteiger partial charge in [0.15, 0.2) is 0 Å². The Bertz CT molecular complexity index is 827. The maximum atomic E-state index is 12.5. The number of benzene rings is 1. The zero-order valence-electron chi connectivity index (χ0n) is 11.8. The number of hydrogen-bond acceptors (Lipinski definition) is 4. The third-order valence-corrected chi connectivity index (χ3v) is 3.89. The van der Waals surface area contributed by atoms with E-state index >= 15 is 0 Å². The molecule has 6 heteroatoms. The van der Waals surface area contributed by atoms with Crippen molar-refractivity contribution in [3.8, 4) is 0 Å². The van der Waals surface area contributed by atoms with Crippen LogP contribution in [0.3, 0.4) is 0 Å². The number of aromatic nitrogens is 2. The summed E-state index contributed by atoms with van der Waals surface area (Å²) in [5.41, 5.74) is 0.336. The standard InChI is InChI=1S/C16H15ClN2O3/c17-14-5-1-4-13-15(14)18-10-19(16(13)21)8-11(9-20)7-12-3-2-6-22-12/h1-6,10-11,20H,7-9H2/t11-/m0/s1. The normalized spacial score (nSPS) is 12.6. The average molecular weight is 319 g/mol. The Morgan fingerprint density at radius 1 is 1.32 bits per heavy atom. The lowest BCUT2D eigenvalue weighted by Crippen LogP contribution is -2.27. The number of hydrogen-bond donors (Lipinski definition) is 1. The molecular weight excluding hydrogens is 304 g/mol. The molecule has 0 aliphatic rings. The maximum Gasteiger partial charge on any atom is 0.261 e. The van der Waals surface area contributed by atoms with Crippen molar-refractivity contribution in [2.24, 2.45) is 5.92 Å². The van der Waals surface area contributed by atoms with Crippen LogP contribution in [0.4, 0.5) is 0 Å². The first-order chi connectivity index (χ1) is 10.7. The van der Waals surface area contributed by atoms with Crippen molar-refractivity contribution in [3.63, 3.8) is 0 Å². The molecule has 5 nitrogen and oxygen atoms in total. The van der Waals surface area contributed by atoms with Gasteiger partial charge in [0.25, 0.3) is 5.56 Å². The Hall–Kier alpha value is -2.11. The highest BCUT2D eigenvalue weighted by Gasteiger charge is 2.14. The van der Waals surface area contributed by atoms with Crippen molar-refractivity contribution in [1.29, 1.82) is 0 Å². The van der Waals surface area contributed by atoms with Crippen molar-refractivity contribution in [2.75, 3.05) is 6.61 Å². The van der Waals surface area contributed by atoms with E-state index in [0.717, 1.165) is 5.76 Å². The fraction of sp³-hybridized carbons (Fsp3) is 0.250. The lowest BCUT2D eigenvalue weighted by atomic mass is 10.0. The summed E-state index contributed by atoms with van der Waals surface area (Å²) in [4.78, 5) is 16.7. The van der Waals surface area contributed by atoms with E-state index in [2.05, 4.69) is 4.98 Å². The van der Waals surface area contributed by atoms with Crippen molar-refractivity contribution >= 4 is 22.5 Å². The molecule has 0 aliphatic carbocycles. The molecule has 0 bridgehead atoms. The average Bonchev–Trinajstić information content (AvgIpc) is 3.03. The first-order valence-electron chi connectivity index (χ1n) is 6.96. The van der Waals surface area contributed by atoms with E-state index in [-0.39, 0.29) is 18.1 Å². The molecule has 0 radical (unpaired) electrons. The summed E-state index contributed by atoms with van der Waals surface area (Å²) < 4.78 is 6.79. The third-order valence-electron chi connectivity index (χ3n) is 3.59. The highest BCUT2D eigenvalue weighted by atomic mass is 35.5. The molecule has 0 saturated carbocycles. The highest BCUT2D eigenvalue weighted by Crippen LogP contribution is 2.18. The topological polar surface area (TPSA) is 68.3 Å². The molecule has 3 aromatic rings. The monoisotopic (exact) mass is 318 g/mol. The zero-order chi connectivity index (χ0) is 15.5. The van der Waals surface area contributed by atoms with Gasteiger partial charge in [-0.3, -0.25) is 9.36 Å². The van der Waals surface area contributed by atoms with Gasteiger partial charge in [-0.2, -0.15) is 0 Å². The predicted molar refractivity (Wildman–Crippen MR) is 84.0 cm³/mol. The second kappa shape index (κ2) is 6.34. The Kier molecular flexibility index (Phi) is 4.27. The first-order valence-corrected chi connectivity index (χ1v) is 7.33. The van der Waals surface area contributed by atoms with Crippen LogP contribution in [0.1, 0.15) is 5.76 Å². The van der Waals surface area contributed by atoms with E-state index in [9.17, 15) is 9.90 Å². The molecule has 2 aromatic heterocycles. The molecule has 1 aromatic carbocycles.